The van der Waals surface area contributed by atoms with Gasteiger partial charge in [-0.05, 0) is 19.1 Å². The number of hydrogen-bond donors (Lipinski definition) is 1. The van der Waals surface area contributed by atoms with Gasteiger partial charge in [-0.3, -0.25) is 14.6 Å². The first-order chi connectivity index (χ1) is 8.00. The van der Waals surface area contributed by atoms with Crippen molar-refractivity contribution >= 4 is 11.9 Å². The Bertz CT molecular complexity index is 392. The largest absolute Gasteiger partial charge is 0.481 e. The van der Waals surface area contributed by atoms with Crippen LogP contribution in [-0.4, -0.2) is 40.0 Å². The summed E-state index contributed by atoms with van der Waals surface area (Å²) in [5.74, 6) is -1.03. The number of carboxylic acid groups (broad SMARTS) is 1. The van der Waals surface area contributed by atoms with Crippen molar-refractivity contribution in [1.82, 2.24) is 9.88 Å². The molecule has 0 saturated carbocycles. The van der Waals surface area contributed by atoms with E-state index in [-0.39, 0.29) is 24.8 Å². The lowest BCUT2D eigenvalue weighted by atomic mass is 10.2. The minimum Gasteiger partial charge on any atom is -0.481 e. The maximum absolute atomic E-state index is 11.8. The van der Waals surface area contributed by atoms with E-state index in [0.29, 0.717) is 5.69 Å². The summed E-state index contributed by atoms with van der Waals surface area (Å²) in [6.07, 6.45) is 1.77. The van der Waals surface area contributed by atoms with Gasteiger partial charge in [-0.15, -0.1) is 0 Å². The second-order valence-electron chi connectivity index (χ2n) is 3.95. The van der Waals surface area contributed by atoms with Crippen molar-refractivity contribution < 1.29 is 14.7 Å². The lowest BCUT2D eigenvalue weighted by Gasteiger charge is -2.23. The van der Waals surface area contributed by atoms with Crippen molar-refractivity contribution in [3.63, 3.8) is 0 Å². The molecule has 5 nitrogen and oxygen atoms in total. The second kappa shape index (κ2) is 5.98. The topological polar surface area (TPSA) is 70.5 Å². The number of carbonyl (C=O) groups excluding carboxylic acids is 1. The van der Waals surface area contributed by atoms with Gasteiger partial charge in [0.2, 0.25) is 5.91 Å². The molecular weight excluding hydrogens is 220 g/mol. The summed E-state index contributed by atoms with van der Waals surface area (Å²) in [5.41, 5.74) is 0.687. The third kappa shape index (κ3) is 4.22. The third-order valence-corrected chi connectivity index (χ3v) is 2.58. The molecule has 1 atom stereocenters. The number of rotatable bonds is 5. The van der Waals surface area contributed by atoms with Gasteiger partial charge in [-0.2, -0.15) is 0 Å². The van der Waals surface area contributed by atoms with Crippen molar-refractivity contribution in [1.29, 1.82) is 0 Å². The van der Waals surface area contributed by atoms with E-state index >= 15 is 0 Å². The zero-order chi connectivity index (χ0) is 12.8. The summed E-state index contributed by atoms with van der Waals surface area (Å²) < 4.78 is 0. The number of pyridine rings is 1. The molecule has 1 unspecified atom stereocenters. The van der Waals surface area contributed by atoms with E-state index in [1.165, 1.54) is 4.90 Å². The molecule has 1 N–H and O–H groups in total. The van der Waals surface area contributed by atoms with Crippen molar-refractivity contribution in [3.8, 4) is 0 Å². The van der Waals surface area contributed by atoms with Gasteiger partial charge in [0.1, 0.15) is 0 Å². The van der Waals surface area contributed by atoms with Crippen molar-refractivity contribution in [2.75, 3.05) is 7.05 Å². The van der Waals surface area contributed by atoms with Crippen LogP contribution in [0.2, 0.25) is 0 Å². The molecule has 1 rings (SSSR count). The molecule has 0 radical (unpaired) electrons. The maximum Gasteiger partial charge on any atom is 0.305 e. The summed E-state index contributed by atoms with van der Waals surface area (Å²) in [4.78, 5) is 27.9. The molecule has 1 aromatic rings. The quantitative estimate of drug-likeness (QED) is 0.826. The Morgan fingerprint density at radius 3 is 2.71 bits per heavy atom. The van der Waals surface area contributed by atoms with Gasteiger partial charge in [0.05, 0.1) is 12.8 Å². The predicted molar refractivity (Wildman–Crippen MR) is 62.4 cm³/mol. The van der Waals surface area contributed by atoms with Crippen LogP contribution >= 0.6 is 0 Å². The van der Waals surface area contributed by atoms with Crippen LogP contribution in [-0.2, 0) is 16.0 Å². The van der Waals surface area contributed by atoms with Crippen molar-refractivity contribution in [2.45, 2.75) is 25.8 Å². The van der Waals surface area contributed by atoms with E-state index in [1.807, 2.05) is 6.07 Å². The van der Waals surface area contributed by atoms with Crippen molar-refractivity contribution in [3.05, 3.63) is 30.1 Å². The molecule has 17 heavy (non-hydrogen) atoms. The van der Waals surface area contributed by atoms with E-state index in [9.17, 15) is 9.59 Å². The Morgan fingerprint density at radius 2 is 2.18 bits per heavy atom. The normalized spacial score (nSPS) is 11.9. The standard InChI is InChI=1S/C12H16N2O3/c1-9(7-12(16)17)14(2)11(15)8-10-5-3-4-6-13-10/h3-6,9H,7-8H2,1-2H3,(H,16,17). The molecule has 92 valence electrons. The van der Waals surface area contributed by atoms with Gasteiger partial charge in [-0.25, -0.2) is 0 Å². The lowest BCUT2D eigenvalue weighted by Crippen LogP contribution is -2.37. The first-order valence-electron chi connectivity index (χ1n) is 5.38. The molecule has 0 fully saturated rings. The molecule has 0 aromatic carbocycles. The van der Waals surface area contributed by atoms with Crippen LogP contribution in [0.15, 0.2) is 24.4 Å². The van der Waals surface area contributed by atoms with Gasteiger partial charge < -0.3 is 10.0 Å². The third-order valence-electron chi connectivity index (χ3n) is 2.58. The molecule has 0 bridgehead atoms. The highest BCUT2D eigenvalue weighted by molar-refractivity contribution is 5.79. The minimum absolute atomic E-state index is 0.0511. The SMILES string of the molecule is CC(CC(=O)O)N(C)C(=O)Cc1ccccn1. The van der Waals surface area contributed by atoms with Gasteiger partial charge in [0.25, 0.3) is 0 Å². The summed E-state index contributed by atoms with van der Waals surface area (Å²) in [6.45, 7) is 1.71. The highest BCUT2D eigenvalue weighted by Crippen LogP contribution is 2.05. The molecule has 0 aliphatic carbocycles. The Kier molecular flexibility index (Phi) is 4.63. The maximum atomic E-state index is 11.8. The first-order valence-corrected chi connectivity index (χ1v) is 5.38. The number of aromatic nitrogens is 1. The average molecular weight is 236 g/mol. The summed E-state index contributed by atoms with van der Waals surface area (Å²) in [7, 11) is 1.61. The Morgan fingerprint density at radius 1 is 1.47 bits per heavy atom. The fraction of sp³-hybridized carbons (Fsp3) is 0.417. The fourth-order valence-corrected chi connectivity index (χ4v) is 1.42. The predicted octanol–water partition coefficient (Wildman–Crippen LogP) is 0.946. The van der Waals surface area contributed by atoms with Crippen LogP contribution in [0.5, 0.6) is 0 Å². The summed E-state index contributed by atoms with van der Waals surface area (Å²) in [6, 6.07) is 5.05. The van der Waals surface area contributed by atoms with E-state index < -0.39 is 5.97 Å². The highest BCUT2D eigenvalue weighted by Gasteiger charge is 2.18. The van der Waals surface area contributed by atoms with E-state index in [4.69, 9.17) is 5.11 Å². The fourth-order valence-electron chi connectivity index (χ4n) is 1.42. The van der Waals surface area contributed by atoms with Crippen LogP contribution in [0.1, 0.15) is 19.0 Å². The number of hydrogen-bond acceptors (Lipinski definition) is 3. The molecule has 0 aliphatic rings. The summed E-state index contributed by atoms with van der Waals surface area (Å²) in [5, 5.41) is 8.65. The molecular formula is C12H16N2O3. The molecule has 0 spiro atoms. The van der Waals surface area contributed by atoms with Gasteiger partial charge in [-0.1, -0.05) is 6.07 Å². The van der Waals surface area contributed by atoms with Crippen LogP contribution in [0.25, 0.3) is 0 Å². The monoisotopic (exact) mass is 236 g/mol. The molecule has 1 amide bonds. The van der Waals surface area contributed by atoms with Gasteiger partial charge in [0, 0.05) is 25.0 Å². The van der Waals surface area contributed by atoms with Gasteiger partial charge >= 0.3 is 5.97 Å². The van der Waals surface area contributed by atoms with E-state index in [1.54, 1.807) is 32.3 Å². The Labute approximate surface area is 100 Å². The van der Waals surface area contributed by atoms with Crippen LogP contribution < -0.4 is 0 Å². The average Bonchev–Trinajstić information content (AvgIpc) is 2.28. The molecule has 0 aliphatic heterocycles. The number of likely N-dealkylation sites (N-methyl/N-ethyl adjacent to an activating group) is 1. The van der Waals surface area contributed by atoms with E-state index in [2.05, 4.69) is 4.98 Å². The van der Waals surface area contributed by atoms with Crippen LogP contribution in [0.3, 0.4) is 0 Å². The molecule has 1 aromatic heterocycles. The Balaban J connectivity index is 2.55. The Hall–Kier alpha value is -1.91. The van der Waals surface area contributed by atoms with Crippen LogP contribution in [0, 0.1) is 0 Å². The van der Waals surface area contributed by atoms with Crippen LogP contribution in [0.4, 0.5) is 0 Å². The van der Waals surface area contributed by atoms with Gasteiger partial charge in [0.15, 0.2) is 0 Å². The van der Waals surface area contributed by atoms with E-state index in [0.717, 1.165) is 0 Å². The zero-order valence-electron chi connectivity index (χ0n) is 9.96. The summed E-state index contributed by atoms with van der Waals surface area (Å²) >= 11 is 0. The van der Waals surface area contributed by atoms with Crippen molar-refractivity contribution in [2.24, 2.45) is 0 Å². The molecule has 1 heterocycles. The minimum atomic E-state index is -0.907. The lowest BCUT2D eigenvalue weighted by molar-refractivity contribution is -0.139. The number of nitrogens with zero attached hydrogens (tertiary/aromatic N) is 2. The number of carboxylic acids is 1. The molecule has 0 saturated heterocycles. The second-order valence-corrected chi connectivity index (χ2v) is 3.95. The zero-order valence-corrected chi connectivity index (χ0v) is 9.96. The number of amides is 1. The highest BCUT2D eigenvalue weighted by atomic mass is 16.4. The molecule has 5 heteroatoms. The number of aliphatic carboxylic acids is 1. The first kappa shape index (κ1) is 13.2. The smallest absolute Gasteiger partial charge is 0.305 e. The number of carbonyl (C=O) groups is 2.